The molecule has 0 bridgehead atoms. The summed E-state index contributed by atoms with van der Waals surface area (Å²) in [6.45, 7) is 7.02. The Morgan fingerprint density at radius 2 is 1.87 bits per heavy atom. The fourth-order valence-electron chi connectivity index (χ4n) is 2.31. The van der Waals surface area contributed by atoms with Crippen LogP contribution in [0.15, 0.2) is 18.2 Å². The minimum absolute atomic E-state index is 0.0633. The van der Waals surface area contributed by atoms with E-state index in [4.69, 9.17) is 10.5 Å². The molecule has 130 valence electrons. The summed E-state index contributed by atoms with van der Waals surface area (Å²) in [6, 6.07) is 4.97. The first-order valence-electron chi connectivity index (χ1n) is 7.89. The summed E-state index contributed by atoms with van der Waals surface area (Å²) in [6.07, 6.45) is 1.09. The number of ether oxygens (including phenoxy) is 1. The summed E-state index contributed by atoms with van der Waals surface area (Å²) in [5, 5.41) is 0. The zero-order chi connectivity index (χ0) is 17.5. The van der Waals surface area contributed by atoms with Crippen molar-refractivity contribution in [3.05, 3.63) is 29.3 Å². The minimum atomic E-state index is -3.35. The highest BCUT2D eigenvalue weighted by Gasteiger charge is 2.20. The molecule has 2 N–H and O–H groups in total. The second-order valence-corrected chi connectivity index (χ2v) is 7.27. The minimum Gasteiger partial charge on any atom is -0.494 e. The van der Waals surface area contributed by atoms with Gasteiger partial charge in [0, 0.05) is 18.7 Å². The normalized spacial score (nSPS) is 11.7. The van der Waals surface area contributed by atoms with Crippen molar-refractivity contribution in [1.82, 2.24) is 4.31 Å². The number of carbonyl (C=O) groups is 1. The van der Waals surface area contributed by atoms with Gasteiger partial charge in [-0.15, -0.1) is 0 Å². The van der Waals surface area contributed by atoms with Gasteiger partial charge in [-0.2, -0.15) is 0 Å². The lowest BCUT2D eigenvalue weighted by Crippen LogP contribution is -2.33. The van der Waals surface area contributed by atoms with Crippen molar-refractivity contribution in [2.45, 2.75) is 33.6 Å². The van der Waals surface area contributed by atoms with E-state index in [9.17, 15) is 13.2 Å². The summed E-state index contributed by atoms with van der Waals surface area (Å²) in [5.41, 5.74) is 6.31. The fraction of sp³-hybridized carbons (Fsp3) is 0.562. The molecule has 7 heteroatoms. The number of amides is 1. The van der Waals surface area contributed by atoms with Crippen LogP contribution < -0.4 is 10.5 Å². The second kappa shape index (κ2) is 8.88. The van der Waals surface area contributed by atoms with E-state index >= 15 is 0 Å². The van der Waals surface area contributed by atoms with Crippen molar-refractivity contribution >= 4 is 15.9 Å². The highest BCUT2D eigenvalue weighted by atomic mass is 32.2. The van der Waals surface area contributed by atoms with E-state index in [1.165, 1.54) is 4.31 Å². The number of carbonyl (C=O) groups excluding carboxylic acids is 1. The van der Waals surface area contributed by atoms with E-state index in [0.717, 1.165) is 6.42 Å². The van der Waals surface area contributed by atoms with Gasteiger partial charge in [-0.05, 0) is 36.6 Å². The van der Waals surface area contributed by atoms with Crippen molar-refractivity contribution in [3.8, 4) is 5.75 Å². The van der Waals surface area contributed by atoms with Crippen molar-refractivity contribution in [2.24, 2.45) is 5.73 Å². The molecule has 0 saturated heterocycles. The Labute approximate surface area is 138 Å². The number of benzene rings is 1. The van der Waals surface area contributed by atoms with E-state index < -0.39 is 15.9 Å². The van der Waals surface area contributed by atoms with Crippen molar-refractivity contribution in [2.75, 3.05) is 25.4 Å². The van der Waals surface area contributed by atoms with Gasteiger partial charge in [0.1, 0.15) is 5.75 Å². The Bertz CT molecular complexity index is 625. The molecule has 0 heterocycles. The molecule has 0 aromatic heterocycles. The SMILES string of the molecule is CCCOc1ccc(C(N)=O)c(CCS(=O)(=O)N(CC)CC)c1. The average molecular weight is 342 g/mol. The molecule has 0 radical (unpaired) electrons. The van der Waals surface area contributed by atoms with Crippen LogP contribution in [0, 0.1) is 0 Å². The lowest BCUT2D eigenvalue weighted by molar-refractivity contribution is 0.0999. The maximum atomic E-state index is 12.3. The van der Waals surface area contributed by atoms with Gasteiger partial charge < -0.3 is 10.5 Å². The first-order valence-corrected chi connectivity index (χ1v) is 9.49. The van der Waals surface area contributed by atoms with Crippen LogP contribution in [-0.2, 0) is 16.4 Å². The quantitative estimate of drug-likeness (QED) is 0.702. The lowest BCUT2D eigenvalue weighted by atomic mass is 10.0. The van der Waals surface area contributed by atoms with Gasteiger partial charge in [0.2, 0.25) is 15.9 Å². The standard InChI is InChI=1S/C16H26N2O4S/c1-4-10-22-14-7-8-15(16(17)19)13(12-14)9-11-23(20,21)18(5-2)6-3/h7-8,12H,4-6,9-11H2,1-3H3,(H2,17,19). The van der Waals surface area contributed by atoms with Gasteiger partial charge in [0.05, 0.1) is 12.4 Å². The molecule has 0 atom stereocenters. The van der Waals surface area contributed by atoms with Crippen LogP contribution in [0.2, 0.25) is 0 Å². The van der Waals surface area contributed by atoms with E-state index in [0.29, 0.717) is 36.6 Å². The van der Waals surface area contributed by atoms with Gasteiger partial charge in [0.15, 0.2) is 0 Å². The van der Waals surface area contributed by atoms with Crippen molar-refractivity contribution in [1.29, 1.82) is 0 Å². The predicted molar refractivity (Wildman–Crippen MR) is 91.2 cm³/mol. The number of aryl methyl sites for hydroxylation is 1. The van der Waals surface area contributed by atoms with Gasteiger partial charge >= 0.3 is 0 Å². The summed E-state index contributed by atoms with van der Waals surface area (Å²) in [7, 11) is -3.35. The van der Waals surface area contributed by atoms with E-state index in [2.05, 4.69) is 0 Å². The van der Waals surface area contributed by atoms with Crippen LogP contribution in [-0.4, -0.2) is 44.1 Å². The van der Waals surface area contributed by atoms with Crippen LogP contribution in [0.5, 0.6) is 5.75 Å². The van der Waals surface area contributed by atoms with Crippen LogP contribution in [0.1, 0.15) is 43.1 Å². The zero-order valence-electron chi connectivity index (χ0n) is 14.0. The Morgan fingerprint density at radius 1 is 1.22 bits per heavy atom. The molecular weight excluding hydrogens is 316 g/mol. The molecule has 0 spiro atoms. The second-order valence-electron chi connectivity index (χ2n) is 5.18. The third kappa shape index (κ3) is 5.51. The van der Waals surface area contributed by atoms with E-state index in [1.807, 2.05) is 6.92 Å². The highest BCUT2D eigenvalue weighted by Crippen LogP contribution is 2.20. The van der Waals surface area contributed by atoms with Crippen LogP contribution in [0.25, 0.3) is 0 Å². The number of rotatable bonds is 10. The van der Waals surface area contributed by atoms with Gasteiger partial charge in [0.25, 0.3) is 0 Å². The molecule has 0 saturated carbocycles. The van der Waals surface area contributed by atoms with E-state index in [-0.39, 0.29) is 12.2 Å². The Balaban J connectivity index is 2.98. The number of nitrogens with two attached hydrogens (primary N) is 1. The third-order valence-corrected chi connectivity index (χ3v) is 5.57. The molecule has 23 heavy (non-hydrogen) atoms. The largest absolute Gasteiger partial charge is 0.494 e. The maximum Gasteiger partial charge on any atom is 0.248 e. The maximum absolute atomic E-state index is 12.3. The first-order chi connectivity index (χ1) is 10.9. The predicted octanol–water partition coefficient (Wildman–Crippen LogP) is 1.79. The molecule has 0 aliphatic heterocycles. The molecule has 1 amide bonds. The van der Waals surface area contributed by atoms with E-state index in [1.54, 1.807) is 32.0 Å². The Kier molecular flexibility index (Phi) is 7.51. The summed E-state index contributed by atoms with van der Waals surface area (Å²) in [5.74, 6) is -0.0130. The van der Waals surface area contributed by atoms with Gasteiger partial charge in [-0.1, -0.05) is 20.8 Å². The van der Waals surface area contributed by atoms with Crippen LogP contribution in [0.4, 0.5) is 0 Å². The van der Waals surface area contributed by atoms with Crippen molar-refractivity contribution < 1.29 is 17.9 Å². The van der Waals surface area contributed by atoms with Crippen LogP contribution >= 0.6 is 0 Å². The van der Waals surface area contributed by atoms with Crippen molar-refractivity contribution in [3.63, 3.8) is 0 Å². The number of hydrogen-bond acceptors (Lipinski definition) is 4. The Morgan fingerprint density at radius 3 is 2.39 bits per heavy atom. The Hall–Kier alpha value is -1.60. The lowest BCUT2D eigenvalue weighted by Gasteiger charge is -2.18. The topological polar surface area (TPSA) is 89.7 Å². The van der Waals surface area contributed by atoms with Gasteiger partial charge in [-0.3, -0.25) is 4.79 Å². The first kappa shape index (κ1) is 19.4. The number of primary amides is 1. The molecule has 0 aliphatic carbocycles. The smallest absolute Gasteiger partial charge is 0.248 e. The molecular formula is C16H26N2O4S. The number of hydrogen-bond donors (Lipinski definition) is 1. The van der Waals surface area contributed by atoms with Crippen LogP contribution in [0.3, 0.4) is 0 Å². The zero-order valence-corrected chi connectivity index (χ0v) is 14.9. The molecule has 6 nitrogen and oxygen atoms in total. The monoisotopic (exact) mass is 342 g/mol. The summed E-state index contributed by atoms with van der Waals surface area (Å²) in [4.78, 5) is 11.5. The third-order valence-electron chi connectivity index (χ3n) is 3.54. The molecule has 1 aromatic rings. The summed E-state index contributed by atoms with van der Waals surface area (Å²) < 4.78 is 31.5. The number of sulfonamides is 1. The molecule has 0 unspecified atom stereocenters. The fourth-order valence-corrected chi connectivity index (χ4v) is 3.83. The number of nitrogens with zero attached hydrogens (tertiary/aromatic N) is 1. The molecule has 0 fully saturated rings. The van der Waals surface area contributed by atoms with Gasteiger partial charge in [-0.25, -0.2) is 12.7 Å². The summed E-state index contributed by atoms with van der Waals surface area (Å²) >= 11 is 0. The highest BCUT2D eigenvalue weighted by molar-refractivity contribution is 7.89. The molecule has 1 aromatic carbocycles. The molecule has 1 rings (SSSR count). The molecule has 0 aliphatic rings. The average Bonchev–Trinajstić information content (AvgIpc) is 2.51.